The van der Waals surface area contributed by atoms with Gasteiger partial charge in [-0.05, 0) is 36.7 Å². The smallest absolute Gasteiger partial charge is 0.158 e. The molecule has 2 nitrogen and oxygen atoms in total. The fourth-order valence-corrected chi connectivity index (χ4v) is 3.63. The topological polar surface area (TPSA) is 37.3 Å². The van der Waals surface area contributed by atoms with Gasteiger partial charge in [0, 0.05) is 13.0 Å². The summed E-state index contributed by atoms with van der Waals surface area (Å²) in [7, 11) is 0. The number of allylic oxidation sites excluding steroid dienone is 2. The molecule has 1 N–H and O–H groups in total. The third kappa shape index (κ3) is 10.3. The minimum atomic E-state index is 0.224. The maximum Gasteiger partial charge on any atom is 0.158 e. The summed E-state index contributed by atoms with van der Waals surface area (Å²) in [5, 5.41) is 8.72. The first-order chi connectivity index (χ1) is 11.5. The van der Waals surface area contributed by atoms with Gasteiger partial charge < -0.3 is 5.11 Å². The van der Waals surface area contributed by atoms with Crippen LogP contribution in [-0.2, 0) is 4.79 Å². The van der Waals surface area contributed by atoms with Crippen molar-refractivity contribution < 1.29 is 9.90 Å². The lowest BCUT2D eigenvalue weighted by Gasteiger charge is -2.26. The summed E-state index contributed by atoms with van der Waals surface area (Å²) in [5.41, 5.74) is 1.33. The van der Waals surface area contributed by atoms with Crippen molar-refractivity contribution in [2.24, 2.45) is 5.41 Å². The van der Waals surface area contributed by atoms with Crippen molar-refractivity contribution in [1.82, 2.24) is 0 Å². The molecule has 0 saturated heterocycles. The molecule has 1 rings (SSSR count). The van der Waals surface area contributed by atoms with Crippen LogP contribution < -0.4 is 0 Å². The molecule has 0 saturated carbocycles. The van der Waals surface area contributed by atoms with Crippen molar-refractivity contribution in [2.45, 2.75) is 110 Å². The number of aliphatic hydroxyl groups excluding tert-OH is 1. The summed E-state index contributed by atoms with van der Waals surface area (Å²) in [6.45, 7) is 4.83. The van der Waals surface area contributed by atoms with Gasteiger partial charge >= 0.3 is 0 Å². The number of hydrogen-bond acceptors (Lipinski definition) is 2. The summed E-state index contributed by atoms with van der Waals surface area (Å²) >= 11 is 0. The van der Waals surface area contributed by atoms with Gasteiger partial charge in [-0.25, -0.2) is 0 Å². The predicted octanol–water partition coefficient (Wildman–Crippen LogP) is 6.37. The largest absolute Gasteiger partial charge is 0.396 e. The lowest BCUT2D eigenvalue weighted by Crippen LogP contribution is -2.19. The van der Waals surface area contributed by atoms with Gasteiger partial charge in [-0.2, -0.15) is 0 Å². The van der Waals surface area contributed by atoms with Crippen LogP contribution >= 0.6 is 0 Å². The van der Waals surface area contributed by atoms with E-state index in [-0.39, 0.29) is 5.41 Å². The van der Waals surface area contributed by atoms with Crippen LogP contribution in [-0.4, -0.2) is 17.5 Å². The molecular weight excluding hydrogens is 296 g/mol. The van der Waals surface area contributed by atoms with Gasteiger partial charge in [0.2, 0.25) is 0 Å². The molecule has 0 radical (unpaired) electrons. The Kier molecular flexibility index (Phi) is 11.3. The highest BCUT2D eigenvalue weighted by molar-refractivity contribution is 5.96. The monoisotopic (exact) mass is 336 g/mol. The zero-order chi connectivity index (χ0) is 17.7. The van der Waals surface area contributed by atoms with Crippen LogP contribution in [0.25, 0.3) is 0 Å². The maximum absolute atomic E-state index is 12.0. The molecule has 0 fully saturated rings. The molecule has 0 heterocycles. The first-order valence-corrected chi connectivity index (χ1v) is 10.4. The highest BCUT2D eigenvalue weighted by Crippen LogP contribution is 2.33. The average Bonchev–Trinajstić information content (AvgIpc) is 2.55. The summed E-state index contributed by atoms with van der Waals surface area (Å²) in [5.74, 6) is 0.397. The Labute approximate surface area is 150 Å². The van der Waals surface area contributed by atoms with Crippen LogP contribution in [0.15, 0.2) is 11.6 Å². The molecule has 0 aromatic carbocycles. The van der Waals surface area contributed by atoms with E-state index in [9.17, 15) is 4.79 Å². The molecule has 0 spiro atoms. The van der Waals surface area contributed by atoms with E-state index in [0.29, 0.717) is 12.4 Å². The zero-order valence-electron chi connectivity index (χ0n) is 16.2. The highest BCUT2D eigenvalue weighted by atomic mass is 16.2. The predicted molar refractivity (Wildman–Crippen MR) is 103 cm³/mol. The Morgan fingerprint density at radius 3 is 1.79 bits per heavy atom. The van der Waals surface area contributed by atoms with Gasteiger partial charge in [0.15, 0.2) is 5.78 Å². The van der Waals surface area contributed by atoms with Crippen LogP contribution in [0.1, 0.15) is 110 Å². The van der Waals surface area contributed by atoms with Crippen molar-refractivity contribution >= 4 is 5.78 Å². The third-order valence-electron chi connectivity index (χ3n) is 5.27. The molecule has 24 heavy (non-hydrogen) atoms. The fourth-order valence-electron chi connectivity index (χ4n) is 3.63. The normalized spacial score (nSPS) is 17.1. The molecule has 2 heteroatoms. The Morgan fingerprint density at radius 2 is 1.29 bits per heavy atom. The van der Waals surface area contributed by atoms with Crippen molar-refractivity contribution in [2.75, 3.05) is 6.61 Å². The Morgan fingerprint density at radius 1 is 0.833 bits per heavy atom. The summed E-state index contributed by atoms with van der Waals surface area (Å²) in [6.07, 6.45) is 20.4. The second-order valence-corrected chi connectivity index (χ2v) is 8.30. The lowest BCUT2D eigenvalue weighted by atomic mass is 9.78. The van der Waals surface area contributed by atoms with E-state index < -0.39 is 0 Å². The first-order valence-electron chi connectivity index (χ1n) is 10.4. The minimum absolute atomic E-state index is 0.224. The molecule has 0 unspecified atom stereocenters. The number of carbonyl (C=O) groups excluding carboxylic acids is 1. The molecule has 0 aromatic heterocycles. The average molecular weight is 337 g/mol. The molecule has 140 valence electrons. The molecule has 1 aliphatic carbocycles. The van der Waals surface area contributed by atoms with Crippen molar-refractivity contribution in [3.63, 3.8) is 0 Å². The number of ketones is 1. The van der Waals surface area contributed by atoms with Gasteiger partial charge in [-0.15, -0.1) is 0 Å². The highest BCUT2D eigenvalue weighted by Gasteiger charge is 2.25. The summed E-state index contributed by atoms with van der Waals surface area (Å²) in [4.78, 5) is 12.0. The Hall–Kier alpha value is -0.630. The molecule has 0 bridgehead atoms. The lowest BCUT2D eigenvalue weighted by molar-refractivity contribution is -0.116. The number of hydrogen-bond donors (Lipinski definition) is 1. The SMILES string of the molecule is CC1(C)C=C(CCCCCCCCCCCCCCO)C(=O)CC1. The molecule has 1 aliphatic rings. The van der Waals surface area contributed by atoms with Crippen LogP contribution in [0.3, 0.4) is 0 Å². The van der Waals surface area contributed by atoms with Crippen LogP contribution in [0.5, 0.6) is 0 Å². The van der Waals surface area contributed by atoms with E-state index in [1.54, 1.807) is 0 Å². The second kappa shape index (κ2) is 12.7. The van der Waals surface area contributed by atoms with Crippen LogP contribution in [0.2, 0.25) is 0 Å². The van der Waals surface area contributed by atoms with Crippen molar-refractivity contribution in [3.8, 4) is 0 Å². The number of unbranched alkanes of at least 4 members (excludes halogenated alkanes) is 11. The minimum Gasteiger partial charge on any atom is -0.396 e. The van der Waals surface area contributed by atoms with Crippen molar-refractivity contribution in [1.29, 1.82) is 0 Å². The fraction of sp³-hybridized carbons (Fsp3) is 0.864. The van der Waals surface area contributed by atoms with Gasteiger partial charge in [-0.1, -0.05) is 84.1 Å². The number of aliphatic hydroxyl groups is 1. The zero-order valence-corrected chi connectivity index (χ0v) is 16.2. The number of carbonyl (C=O) groups is 1. The molecular formula is C22H40O2. The molecule has 0 aliphatic heterocycles. The van der Waals surface area contributed by atoms with Gasteiger partial charge in [0.1, 0.15) is 0 Å². The second-order valence-electron chi connectivity index (χ2n) is 8.30. The van der Waals surface area contributed by atoms with E-state index in [2.05, 4.69) is 19.9 Å². The van der Waals surface area contributed by atoms with Gasteiger partial charge in [-0.3, -0.25) is 4.79 Å². The number of Topliss-reactive ketones (excluding diaryl/α,β-unsaturated/α-hetero) is 1. The van der Waals surface area contributed by atoms with Gasteiger partial charge in [0.05, 0.1) is 0 Å². The standard InChI is InChI=1S/C22H40O2/c1-22(2)17-16-21(24)20(19-22)15-13-11-9-7-5-3-4-6-8-10-12-14-18-23/h19,23H,3-18H2,1-2H3. The first kappa shape index (κ1) is 21.4. The van der Waals surface area contributed by atoms with Crippen LogP contribution in [0.4, 0.5) is 0 Å². The van der Waals surface area contributed by atoms with Crippen LogP contribution in [0, 0.1) is 5.41 Å². The van der Waals surface area contributed by atoms with E-state index in [1.165, 1.54) is 70.6 Å². The quantitative estimate of drug-likeness (QED) is 0.374. The van der Waals surface area contributed by atoms with E-state index in [0.717, 1.165) is 31.3 Å². The molecule has 0 amide bonds. The number of rotatable bonds is 14. The maximum atomic E-state index is 12.0. The van der Waals surface area contributed by atoms with E-state index in [4.69, 9.17) is 5.11 Å². The van der Waals surface area contributed by atoms with E-state index >= 15 is 0 Å². The summed E-state index contributed by atoms with van der Waals surface area (Å²) in [6, 6.07) is 0. The Balaban J connectivity index is 1.90. The third-order valence-corrected chi connectivity index (χ3v) is 5.27. The molecule has 0 aromatic rings. The van der Waals surface area contributed by atoms with Gasteiger partial charge in [0.25, 0.3) is 0 Å². The summed E-state index contributed by atoms with van der Waals surface area (Å²) < 4.78 is 0. The molecule has 0 atom stereocenters. The Bertz CT molecular complexity index is 368. The van der Waals surface area contributed by atoms with E-state index in [1.807, 2.05) is 0 Å². The van der Waals surface area contributed by atoms with Crippen molar-refractivity contribution in [3.05, 3.63) is 11.6 Å².